The van der Waals surface area contributed by atoms with Crippen LogP contribution in [-0.4, -0.2) is 0 Å². The van der Waals surface area contributed by atoms with Gasteiger partial charge in [-0.3, -0.25) is 0 Å². The van der Waals surface area contributed by atoms with E-state index in [2.05, 4.69) is 0 Å². The molecule has 0 aliphatic heterocycles. The Hall–Kier alpha value is -0.300. The van der Waals surface area contributed by atoms with Crippen molar-refractivity contribution in [2.24, 2.45) is 0 Å². The molecular weight excluding hydrogens is 127 g/mol. The predicted octanol–water partition coefficient (Wildman–Crippen LogP) is 3.00. The first-order valence-corrected chi connectivity index (χ1v) is 2.72. The van der Waals surface area contributed by atoms with Gasteiger partial charge in [-0.25, -0.2) is 4.39 Å². The first-order valence-electron chi connectivity index (χ1n) is 2.28. The lowest BCUT2D eigenvalue weighted by atomic mass is 10.3. The fourth-order valence-electron chi connectivity index (χ4n) is 0.222. The van der Waals surface area contributed by atoms with Crippen LogP contribution in [-0.2, 0) is 0 Å². The third-order valence-electron chi connectivity index (χ3n) is 0.687. The van der Waals surface area contributed by atoms with Crippen LogP contribution >= 0.6 is 11.6 Å². The maximum Gasteiger partial charge on any atom is 0.122 e. The van der Waals surface area contributed by atoms with Gasteiger partial charge in [0.1, 0.15) is 5.83 Å². The van der Waals surface area contributed by atoms with E-state index in [-0.39, 0.29) is 5.83 Å². The van der Waals surface area contributed by atoms with Crippen LogP contribution in [0.25, 0.3) is 0 Å². The summed E-state index contributed by atoms with van der Waals surface area (Å²) in [6.07, 6.45) is 1.22. The third-order valence-corrected chi connectivity index (χ3v) is 0.813. The predicted molar refractivity (Wildman–Crippen MR) is 34.5 cm³/mol. The number of rotatable bonds is 1. The summed E-state index contributed by atoms with van der Waals surface area (Å²) in [5, 5.41) is 0. The summed E-state index contributed by atoms with van der Waals surface area (Å²) in [6.45, 7) is 3.37. The van der Waals surface area contributed by atoms with Crippen LogP contribution < -0.4 is 0 Å². The fourth-order valence-corrected chi connectivity index (χ4v) is 0.333. The highest BCUT2D eigenvalue weighted by molar-refractivity contribution is 6.25. The lowest BCUT2D eigenvalue weighted by Crippen LogP contribution is -1.68. The van der Waals surface area contributed by atoms with E-state index in [1.165, 1.54) is 6.08 Å². The fraction of sp³-hybridized carbons (Fsp3) is 0.333. The average Bonchev–Trinajstić information content (AvgIpc) is 1.67. The van der Waals surface area contributed by atoms with Crippen LogP contribution in [0.3, 0.4) is 0 Å². The second-order valence-corrected chi connectivity index (χ2v) is 1.89. The van der Waals surface area contributed by atoms with Crippen molar-refractivity contribution in [2.45, 2.75) is 13.8 Å². The summed E-state index contributed by atoms with van der Waals surface area (Å²) < 4.78 is 12.2. The van der Waals surface area contributed by atoms with Crippen LogP contribution in [0, 0.1) is 0 Å². The summed E-state index contributed by atoms with van der Waals surface area (Å²) in [6, 6.07) is 0. The van der Waals surface area contributed by atoms with Gasteiger partial charge >= 0.3 is 0 Å². The van der Waals surface area contributed by atoms with Crippen molar-refractivity contribution >= 4 is 11.6 Å². The Kier molecular flexibility index (Phi) is 3.53. The van der Waals surface area contributed by atoms with Crippen LogP contribution in [0.5, 0.6) is 0 Å². The minimum Gasteiger partial charge on any atom is -0.207 e. The van der Waals surface area contributed by atoms with Crippen molar-refractivity contribution in [1.29, 1.82) is 0 Å². The van der Waals surface area contributed by atoms with E-state index >= 15 is 0 Å². The van der Waals surface area contributed by atoms with Crippen molar-refractivity contribution in [2.75, 3.05) is 0 Å². The Morgan fingerprint density at radius 2 is 2.00 bits per heavy atom. The molecule has 0 bridgehead atoms. The molecule has 0 radical (unpaired) electrons. The molecule has 0 aliphatic carbocycles. The van der Waals surface area contributed by atoms with Crippen molar-refractivity contribution in [3.8, 4) is 0 Å². The summed E-state index contributed by atoms with van der Waals surface area (Å²) in [5.74, 6) is -0.264. The molecule has 0 aromatic carbocycles. The molecule has 0 amide bonds. The zero-order chi connectivity index (χ0) is 6.57. The van der Waals surface area contributed by atoms with E-state index in [4.69, 9.17) is 11.6 Å². The zero-order valence-corrected chi connectivity index (χ0v) is 5.67. The molecule has 0 aromatic heterocycles. The average molecular weight is 135 g/mol. The second kappa shape index (κ2) is 3.67. The van der Waals surface area contributed by atoms with Gasteiger partial charge in [-0.2, -0.15) is 0 Å². The SMILES string of the molecule is CC(C)=C(F)/C=C/Cl. The van der Waals surface area contributed by atoms with Gasteiger partial charge < -0.3 is 0 Å². The van der Waals surface area contributed by atoms with E-state index in [9.17, 15) is 4.39 Å². The molecule has 0 heterocycles. The molecule has 0 N–H and O–H groups in total. The molecule has 0 atom stereocenters. The monoisotopic (exact) mass is 134 g/mol. The number of hydrogen-bond donors (Lipinski definition) is 0. The van der Waals surface area contributed by atoms with E-state index in [0.29, 0.717) is 5.57 Å². The molecule has 0 aliphatic rings. The smallest absolute Gasteiger partial charge is 0.122 e. The number of halogens is 2. The summed E-state index contributed by atoms with van der Waals surface area (Å²) in [5.41, 5.74) is 1.80. The maximum absolute atomic E-state index is 12.2. The Balaban J connectivity index is 4.00. The van der Waals surface area contributed by atoms with Gasteiger partial charge in [0.25, 0.3) is 0 Å². The highest BCUT2D eigenvalue weighted by Gasteiger charge is 1.86. The molecule has 0 saturated carbocycles. The standard InChI is InChI=1S/C6H8ClF/c1-5(2)6(8)3-4-7/h3-4H,1-2H3/b4-3+. The van der Waals surface area contributed by atoms with E-state index in [0.717, 1.165) is 5.54 Å². The van der Waals surface area contributed by atoms with E-state index < -0.39 is 0 Å². The first-order chi connectivity index (χ1) is 3.68. The highest BCUT2D eigenvalue weighted by atomic mass is 35.5. The summed E-state index contributed by atoms with van der Waals surface area (Å²) in [7, 11) is 0. The highest BCUT2D eigenvalue weighted by Crippen LogP contribution is 2.05. The van der Waals surface area contributed by atoms with Gasteiger partial charge in [-0.15, -0.1) is 0 Å². The Morgan fingerprint density at radius 3 is 2.12 bits per heavy atom. The first kappa shape index (κ1) is 7.70. The molecule has 0 spiro atoms. The lowest BCUT2D eigenvalue weighted by Gasteiger charge is -1.86. The van der Waals surface area contributed by atoms with Crippen LogP contribution in [0.15, 0.2) is 23.0 Å². The molecule has 0 nitrogen and oxygen atoms in total. The molecule has 0 rings (SSSR count). The summed E-state index contributed by atoms with van der Waals surface area (Å²) in [4.78, 5) is 0. The van der Waals surface area contributed by atoms with Gasteiger partial charge in [-0.1, -0.05) is 11.6 Å². The quantitative estimate of drug-likeness (QED) is 0.484. The van der Waals surface area contributed by atoms with Crippen molar-refractivity contribution < 1.29 is 4.39 Å². The number of hydrogen-bond acceptors (Lipinski definition) is 0. The van der Waals surface area contributed by atoms with Gasteiger partial charge in [-0.05, 0) is 25.5 Å². The van der Waals surface area contributed by atoms with Gasteiger partial charge in [0.2, 0.25) is 0 Å². The molecule has 46 valence electrons. The maximum atomic E-state index is 12.2. The molecule has 0 fully saturated rings. The topological polar surface area (TPSA) is 0 Å². The van der Waals surface area contributed by atoms with Gasteiger partial charge in [0.15, 0.2) is 0 Å². The van der Waals surface area contributed by atoms with Crippen LogP contribution in [0.4, 0.5) is 4.39 Å². The van der Waals surface area contributed by atoms with Crippen molar-refractivity contribution in [1.82, 2.24) is 0 Å². The van der Waals surface area contributed by atoms with E-state index in [1.807, 2.05) is 0 Å². The minimum absolute atomic E-state index is 0.264. The lowest BCUT2D eigenvalue weighted by molar-refractivity contribution is 0.654. The minimum atomic E-state index is -0.264. The van der Waals surface area contributed by atoms with Gasteiger partial charge in [0, 0.05) is 5.54 Å². The zero-order valence-electron chi connectivity index (χ0n) is 4.91. The molecule has 0 saturated heterocycles. The van der Waals surface area contributed by atoms with Crippen LogP contribution in [0.1, 0.15) is 13.8 Å². The van der Waals surface area contributed by atoms with Crippen molar-refractivity contribution in [3.63, 3.8) is 0 Å². The largest absolute Gasteiger partial charge is 0.207 e. The summed E-state index contributed by atoms with van der Waals surface area (Å²) >= 11 is 5.09. The molecule has 0 unspecified atom stereocenters. The molecular formula is C6H8ClF. The Bertz CT molecular complexity index is 120. The van der Waals surface area contributed by atoms with Crippen LogP contribution in [0.2, 0.25) is 0 Å². The Labute approximate surface area is 53.7 Å². The number of allylic oxidation sites excluding steroid dienone is 3. The normalized spacial score (nSPS) is 10.0. The van der Waals surface area contributed by atoms with E-state index in [1.54, 1.807) is 13.8 Å². The van der Waals surface area contributed by atoms with Gasteiger partial charge in [0.05, 0.1) is 0 Å². The Morgan fingerprint density at radius 1 is 1.50 bits per heavy atom. The van der Waals surface area contributed by atoms with Crippen molar-refractivity contribution in [3.05, 3.63) is 23.0 Å². The molecule has 8 heavy (non-hydrogen) atoms. The second-order valence-electron chi connectivity index (χ2n) is 1.64. The molecule has 2 heteroatoms. The molecule has 0 aromatic rings. The third kappa shape index (κ3) is 2.80.